The van der Waals surface area contributed by atoms with E-state index >= 15 is 0 Å². The van der Waals surface area contributed by atoms with Crippen LogP contribution < -0.4 is 10.6 Å². The van der Waals surface area contributed by atoms with Gasteiger partial charge in [0.25, 0.3) is 0 Å². The predicted molar refractivity (Wildman–Crippen MR) is 85.4 cm³/mol. The molecule has 3 atom stereocenters. The molecule has 0 aliphatic carbocycles. The molecule has 0 saturated carbocycles. The molecule has 9 heteroatoms. The minimum absolute atomic E-state index is 0.133. The van der Waals surface area contributed by atoms with Gasteiger partial charge in [-0.25, -0.2) is 9.59 Å². The number of unbranched alkanes of at least 4 members (excludes halogenated alkanes) is 1. The van der Waals surface area contributed by atoms with Gasteiger partial charge < -0.3 is 24.8 Å². The minimum atomic E-state index is -0.534. The number of hydrogen-bond acceptors (Lipinski definition) is 7. The van der Waals surface area contributed by atoms with Gasteiger partial charge in [-0.15, -0.1) is 0 Å². The standard InChI is InChI=1S/C14H24N2O6S/c1-20-11(17)7-5-4-6-10-12(16-14(19)22-3)9(8-23-10)15-13(18)21-2/h9-10,12H,4-8H2,1-3H3,(H,15,18)(H,16,19)/t9-,10-,12-/m1/s1. The molecule has 0 unspecified atom stereocenters. The molecule has 1 fully saturated rings. The zero-order valence-corrected chi connectivity index (χ0v) is 14.4. The lowest BCUT2D eigenvalue weighted by atomic mass is 10.0. The molecule has 132 valence electrons. The van der Waals surface area contributed by atoms with Gasteiger partial charge in [-0.1, -0.05) is 6.42 Å². The van der Waals surface area contributed by atoms with Crippen LogP contribution in [-0.2, 0) is 19.0 Å². The number of carbonyl (C=O) groups is 3. The smallest absolute Gasteiger partial charge is 0.407 e. The number of rotatable bonds is 7. The lowest BCUT2D eigenvalue weighted by Gasteiger charge is -2.24. The van der Waals surface area contributed by atoms with E-state index in [2.05, 4.69) is 24.8 Å². The summed E-state index contributed by atoms with van der Waals surface area (Å²) in [5.74, 6) is 0.448. The molecule has 0 spiro atoms. The Morgan fingerprint density at radius 1 is 1.00 bits per heavy atom. The summed E-state index contributed by atoms with van der Waals surface area (Å²) in [6, 6.07) is -0.471. The molecule has 0 aromatic rings. The van der Waals surface area contributed by atoms with E-state index in [-0.39, 0.29) is 23.3 Å². The van der Waals surface area contributed by atoms with Gasteiger partial charge >= 0.3 is 18.2 Å². The Morgan fingerprint density at radius 3 is 2.26 bits per heavy atom. The van der Waals surface area contributed by atoms with Crippen LogP contribution in [0.2, 0.25) is 0 Å². The van der Waals surface area contributed by atoms with Gasteiger partial charge in [0.05, 0.1) is 33.4 Å². The fourth-order valence-corrected chi connectivity index (χ4v) is 3.95. The van der Waals surface area contributed by atoms with Gasteiger partial charge in [0.2, 0.25) is 0 Å². The topological polar surface area (TPSA) is 103 Å². The average Bonchev–Trinajstić information content (AvgIpc) is 2.92. The zero-order chi connectivity index (χ0) is 17.2. The Labute approximate surface area is 140 Å². The minimum Gasteiger partial charge on any atom is -0.469 e. The van der Waals surface area contributed by atoms with Crippen LogP contribution in [0, 0.1) is 0 Å². The first kappa shape index (κ1) is 19.4. The number of hydrogen-bond donors (Lipinski definition) is 2. The van der Waals surface area contributed by atoms with Crippen molar-refractivity contribution in [3.8, 4) is 0 Å². The van der Waals surface area contributed by atoms with Crippen molar-refractivity contribution in [2.45, 2.75) is 43.0 Å². The van der Waals surface area contributed by atoms with Crippen molar-refractivity contribution in [2.75, 3.05) is 27.1 Å². The molecule has 2 amide bonds. The Kier molecular flexibility index (Phi) is 8.60. The summed E-state index contributed by atoms with van der Waals surface area (Å²) in [4.78, 5) is 34.0. The molecule has 1 saturated heterocycles. The maximum Gasteiger partial charge on any atom is 0.407 e. The Balaban J connectivity index is 2.53. The number of methoxy groups -OCH3 is 3. The molecule has 0 bridgehead atoms. The van der Waals surface area contributed by atoms with Crippen molar-refractivity contribution in [2.24, 2.45) is 0 Å². The highest BCUT2D eigenvalue weighted by atomic mass is 32.2. The van der Waals surface area contributed by atoms with Crippen LogP contribution in [0.4, 0.5) is 9.59 Å². The van der Waals surface area contributed by atoms with Crippen LogP contribution in [0.15, 0.2) is 0 Å². The van der Waals surface area contributed by atoms with E-state index < -0.39 is 12.2 Å². The number of esters is 1. The summed E-state index contributed by atoms with van der Waals surface area (Å²) in [5.41, 5.74) is 0. The largest absolute Gasteiger partial charge is 0.469 e. The zero-order valence-electron chi connectivity index (χ0n) is 13.6. The molecule has 1 rings (SSSR count). The first-order valence-electron chi connectivity index (χ1n) is 7.39. The predicted octanol–water partition coefficient (Wildman–Crippen LogP) is 1.28. The second kappa shape index (κ2) is 10.2. The Bertz CT molecular complexity index is 420. The van der Waals surface area contributed by atoms with Gasteiger partial charge in [0.15, 0.2) is 0 Å². The van der Waals surface area contributed by atoms with E-state index in [0.29, 0.717) is 12.2 Å². The third kappa shape index (κ3) is 6.55. The SMILES string of the molecule is COC(=O)CCCC[C@H]1SC[C@@H](NC(=O)OC)[C@H]1NC(=O)OC. The first-order chi connectivity index (χ1) is 11.0. The maximum atomic E-state index is 11.5. The number of amides is 2. The second-order valence-electron chi connectivity index (χ2n) is 5.10. The molecule has 1 heterocycles. The first-order valence-corrected chi connectivity index (χ1v) is 8.44. The highest BCUT2D eigenvalue weighted by Crippen LogP contribution is 2.31. The van der Waals surface area contributed by atoms with E-state index in [1.54, 1.807) is 11.8 Å². The number of ether oxygens (including phenoxy) is 3. The third-order valence-electron chi connectivity index (χ3n) is 3.63. The molecule has 0 aromatic carbocycles. The lowest BCUT2D eigenvalue weighted by Crippen LogP contribution is -2.53. The van der Waals surface area contributed by atoms with Gasteiger partial charge in [0, 0.05) is 17.4 Å². The van der Waals surface area contributed by atoms with Crippen LogP contribution in [0.1, 0.15) is 25.7 Å². The molecular formula is C14H24N2O6S. The Morgan fingerprint density at radius 2 is 1.65 bits per heavy atom. The van der Waals surface area contributed by atoms with Crippen molar-refractivity contribution in [3.63, 3.8) is 0 Å². The van der Waals surface area contributed by atoms with Gasteiger partial charge in [0.1, 0.15) is 0 Å². The maximum absolute atomic E-state index is 11.5. The van der Waals surface area contributed by atoms with Crippen LogP contribution >= 0.6 is 11.8 Å². The number of thioether (sulfide) groups is 1. The molecular weight excluding hydrogens is 324 g/mol. The highest BCUT2D eigenvalue weighted by molar-refractivity contribution is 8.00. The summed E-state index contributed by atoms with van der Waals surface area (Å²) in [6.45, 7) is 0. The summed E-state index contributed by atoms with van der Waals surface area (Å²) in [7, 11) is 3.96. The summed E-state index contributed by atoms with van der Waals surface area (Å²) in [6.07, 6.45) is 1.69. The fourth-order valence-electron chi connectivity index (χ4n) is 2.40. The molecule has 0 aromatic heterocycles. The van der Waals surface area contributed by atoms with Gasteiger partial charge in [-0.2, -0.15) is 11.8 Å². The Hall–Kier alpha value is -1.64. The summed E-state index contributed by atoms with van der Waals surface area (Å²) in [5, 5.41) is 5.64. The van der Waals surface area contributed by atoms with Gasteiger partial charge in [-0.3, -0.25) is 4.79 Å². The van der Waals surface area contributed by atoms with E-state index in [1.165, 1.54) is 21.3 Å². The van der Waals surface area contributed by atoms with Crippen molar-refractivity contribution < 1.29 is 28.6 Å². The average molecular weight is 348 g/mol. The fraction of sp³-hybridized carbons (Fsp3) is 0.786. The monoisotopic (exact) mass is 348 g/mol. The quantitative estimate of drug-likeness (QED) is 0.406. The normalized spacial score (nSPS) is 23.0. The molecule has 2 N–H and O–H groups in total. The molecule has 23 heavy (non-hydrogen) atoms. The van der Waals surface area contributed by atoms with E-state index in [9.17, 15) is 14.4 Å². The van der Waals surface area contributed by atoms with Gasteiger partial charge in [-0.05, 0) is 12.8 Å². The highest BCUT2D eigenvalue weighted by Gasteiger charge is 2.38. The van der Waals surface area contributed by atoms with Crippen molar-refractivity contribution >= 4 is 29.9 Å². The summed E-state index contributed by atoms with van der Waals surface area (Å²) < 4.78 is 13.9. The summed E-state index contributed by atoms with van der Waals surface area (Å²) >= 11 is 1.67. The van der Waals surface area contributed by atoms with Crippen LogP contribution in [-0.4, -0.2) is 62.6 Å². The molecule has 1 aliphatic rings. The van der Waals surface area contributed by atoms with Crippen molar-refractivity contribution in [3.05, 3.63) is 0 Å². The number of carbonyl (C=O) groups excluding carboxylic acids is 3. The third-order valence-corrected chi connectivity index (χ3v) is 5.14. The van der Waals surface area contributed by atoms with E-state index in [1.807, 2.05) is 0 Å². The molecule has 1 aliphatic heterocycles. The molecule has 8 nitrogen and oxygen atoms in total. The van der Waals surface area contributed by atoms with Crippen LogP contribution in [0.5, 0.6) is 0 Å². The lowest BCUT2D eigenvalue weighted by molar-refractivity contribution is -0.140. The van der Waals surface area contributed by atoms with Crippen molar-refractivity contribution in [1.82, 2.24) is 10.6 Å². The van der Waals surface area contributed by atoms with Crippen LogP contribution in [0.3, 0.4) is 0 Å². The second-order valence-corrected chi connectivity index (χ2v) is 6.37. The van der Waals surface area contributed by atoms with Crippen LogP contribution in [0.25, 0.3) is 0 Å². The number of nitrogens with one attached hydrogen (secondary N) is 2. The van der Waals surface area contributed by atoms with Crippen molar-refractivity contribution in [1.29, 1.82) is 0 Å². The van der Waals surface area contributed by atoms with E-state index in [0.717, 1.165) is 19.3 Å². The number of alkyl carbamates (subject to hydrolysis) is 2. The molecule has 0 radical (unpaired) electrons. The van der Waals surface area contributed by atoms with E-state index in [4.69, 9.17) is 0 Å².